The van der Waals surface area contributed by atoms with Gasteiger partial charge in [0.1, 0.15) is 0 Å². The van der Waals surface area contributed by atoms with Crippen LogP contribution in [0.2, 0.25) is 0 Å². The second-order valence-electron chi connectivity index (χ2n) is 4.81. The van der Waals surface area contributed by atoms with Gasteiger partial charge in [0.15, 0.2) is 0 Å². The zero-order valence-electron chi connectivity index (χ0n) is 11.8. The summed E-state index contributed by atoms with van der Waals surface area (Å²) in [5, 5.41) is 3.56. The van der Waals surface area contributed by atoms with Gasteiger partial charge in [-0.3, -0.25) is 0 Å². The Labute approximate surface area is 107 Å². The molecule has 1 nitrogen and oxygen atoms in total. The zero-order valence-corrected chi connectivity index (χ0v) is 11.8. The molecular formula is C16H27N. The minimum absolute atomic E-state index is 0.273. The van der Waals surface area contributed by atoms with Gasteiger partial charge in [-0.25, -0.2) is 0 Å². The van der Waals surface area contributed by atoms with Crippen molar-refractivity contribution < 1.29 is 0 Å². The van der Waals surface area contributed by atoms with Gasteiger partial charge in [0.2, 0.25) is 0 Å². The van der Waals surface area contributed by atoms with Crippen LogP contribution in [-0.2, 0) is 6.42 Å². The summed E-state index contributed by atoms with van der Waals surface area (Å²) in [5.74, 6) is 0. The first kappa shape index (κ1) is 15.9. The molecule has 1 aromatic rings. The molecule has 96 valence electrons. The van der Waals surface area contributed by atoms with E-state index in [9.17, 15) is 0 Å². The van der Waals surface area contributed by atoms with Crippen molar-refractivity contribution in [1.82, 2.24) is 5.32 Å². The molecule has 0 unspecified atom stereocenters. The highest BCUT2D eigenvalue weighted by Gasteiger charge is 2.12. The molecule has 0 amide bonds. The van der Waals surface area contributed by atoms with Crippen molar-refractivity contribution in [3.05, 3.63) is 48.6 Å². The number of rotatable bonds is 5. The Morgan fingerprint density at radius 2 is 1.76 bits per heavy atom. The van der Waals surface area contributed by atoms with Gasteiger partial charge in [-0.2, -0.15) is 0 Å². The lowest BCUT2D eigenvalue weighted by molar-refractivity contribution is 0.379. The molecule has 0 fully saturated rings. The molecule has 0 radical (unpaired) electrons. The van der Waals surface area contributed by atoms with Crippen molar-refractivity contribution in [3.63, 3.8) is 0 Å². The van der Waals surface area contributed by atoms with Gasteiger partial charge >= 0.3 is 0 Å². The third-order valence-corrected chi connectivity index (χ3v) is 2.74. The van der Waals surface area contributed by atoms with Crippen molar-refractivity contribution in [3.8, 4) is 0 Å². The van der Waals surface area contributed by atoms with Gasteiger partial charge in [-0.1, -0.05) is 43.3 Å². The predicted molar refractivity (Wildman–Crippen MR) is 78.4 cm³/mol. The topological polar surface area (TPSA) is 12.0 Å². The van der Waals surface area contributed by atoms with Crippen molar-refractivity contribution in [1.29, 1.82) is 0 Å². The SMILES string of the molecule is C=CC.CCC(C)(C)NCCc1ccccc1. The molecule has 0 aliphatic rings. The third kappa shape index (κ3) is 8.70. The van der Waals surface area contributed by atoms with E-state index in [0.29, 0.717) is 0 Å². The molecule has 17 heavy (non-hydrogen) atoms. The largest absolute Gasteiger partial charge is 0.311 e. The van der Waals surface area contributed by atoms with Crippen molar-refractivity contribution >= 4 is 0 Å². The second kappa shape index (κ2) is 9.00. The fourth-order valence-electron chi connectivity index (χ4n) is 1.31. The highest BCUT2D eigenvalue weighted by Crippen LogP contribution is 2.07. The van der Waals surface area contributed by atoms with Crippen LogP contribution in [0, 0.1) is 0 Å². The Bertz CT molecular complexity index is 288. The molecule has 1 heteroatoms. The van der Waals surface area contributed by atoms with Crippen molar-refractivity contribution in [2.75, 3.05) is 6.54 Å². The molecule has 0 heterocycles. The predicted octanol–water partition coefficient (Wildman–Crippen LogP) is 4.20. The van der Waals surface area contributed by atoms with E-state index in [1.165, 1.54) is 12.0 Å². The number of hydrogen-bond acceptors (Lipinski definition) is 1. The average Bonchev–Trinajstić information content (AvgIpc) is 2.31. The van der Waals surface area contributed by atoms with E-state index in [-0.39, 0.29) is 5.54 Å². The third-order valence-electron chi connectivity index (χ3n) is 2.74. The fourth-order valence-corrected chi connectivity index (χ4v) is 1.31. The van der Waals surface area contributed by atoms with Crippen LogP contribution in [0.5, 0.6) is 0 Å². The smallest absolute Gasteiger partial charge is 0.0122 e. The summed E-state index contributed by atoms with van der Waals surface area (Å²) >= 11 is 0. The molecule has 0 saturated carbocycles. The first-order chi connectivity index (χ1) is 8.05. The summed E-state index contributed by atoms with van der Waals surface area (Å²) in [6, 6.07) is 10.6. The Morgan fingerprint density at radius 1 is 1.24 bits per heavy atom. The van der Waals surface area contributed by atoms with Crippen LogP contribution in [0.25, 0.3) is 0 Å². The quantitative estimate of drug-likeness (QED) is 0.752. The number of allylic oxidation sites excluding steroid dienone is 1. The van der Waals surface area contributed by atoms with E-state index in [1.54, 1.807) is 6.08 Å². The number of nitrogens with one attached hydrogen (secondary N) is 1. The monoisotopic (exact) mass is 233 g/mol. The summed E-state index contributed by atoms with van der Waals surface area (Å²) < 4.78 is 0. The molecule has 1 rings (SSSR count). The maximum atomic E-state index is 3.56. The Balaban J connectivity index is 0.000000770. The molecule has 1 aromatic carbocycles. The Hall–Kier alpha value is -1.08. The minimum Gasteiger partial charge on any atom is -0.311 e. The van der Waals surface area contributed by atoms with Gasteiger partial charge in [0, 0.05) is 5.54 Å². The minimum atomic E-state index is 0.273. The standard InChI is InChI=1S/C13H21N.C3H6/c1-4-13(2,3)14-11-10-12-8-6-5-7-9-12;1-3-2/h5-9,14H,4,10-11H2,1-3H3;3H,1H2,2H3. The van der Waals surface area contributed by atoms with E-state index in [4.69, 9.17) is 0 Å². The zero-order chi connectivity index (χ0) is 13.1. The Kier molecular flexibility index (Phi) is 8.43. The number of hydrogen-bond donors (Lipinski definition) is 1. The van der Waals surface area contributed by atoms with Gasteiger partial charge in [-0.05, 0) is 45.7 Å². The molecule has 0 saturated heterocycles. The van der Waals surface area contributed by atoms with Gasteiger partial charge in [-0.15, -0.1) is 6.58 Å². The van der Waals surface area contributed by atoms with Crippen LogP contribution in [0.1, 0.15) is 39.7 Å². The maximum Gasteiger partial charge on any atom is 0.0122 e. The molecule has 0 bridgehead atoms. The number of benzene rings is 1. The van der Waals surface area contributed by atoms with E-state index in [0.717, 1.165) is 13.0 Å². The Morgan fingerprint density at radius 3 is 2.24 bits per heavy atom. The first-order valence-electron chi connectivity index (χ1n) is 6.41. The lowest BCUT2D eigenvalue weighted by atomic mass is 10.0. The van der Waals surface area contributed by atoms with Crippen molar-refractivity contribution in [2.24, 2.45) is 0 Å². The summed E-state index contributed by atoms with van der Waals surface area (Å²) in [5.41, 5.74) is 1.68. The normalized spacial score (nSPS) is 10.4. The van der Waals surface area contributed by atoms with Crippen LogP contribution in [0.15, 0.2) is 43.0 Å². The van der Waals surface area contributed by atoms with Gasteiger partial charge in [0.05, 0.1) is 0 Å². The molecule has 0 spiro atoms. The van der Waals surface area contributed by atoms with E-state index in [1.807, 2.05) is 6.92 Å². The van der Waals surface area contributed by atoms with Crippen LogP contribution < -0.4 is 5.32 Å². The summed E-state index contributed by atoms with van der Waals surface area (Å²) in [4.78, 5) is 0. The lowest BCUT2D eigenvalue weighted by Crippen LogP contribution is -2.39. The molecule has 1 N–H and O–H groups in total. The van der Waals surface area contributed by atoms with E-state index >= 15 is 0 Å². The average molecular weight is 233 g/mol. The fraction of sp³-hybridized carbons (Fsp3) is 0.500. The molecule has 0 aromatic heterocycles. The first-order valence-corrected chi connectivity index (χ1v) is 6.41. The summed E-state index contributed by atoms with van der Waals surface area (Å²) in [6.07, 6.45) is 4.03. The van der Waals surface area contributed by atoms with Crippen LogP contribution in [0.4, 0.5) is 0 Å². The van der Waals surface area contributed by atoms with Gasteiger partial charge < -0.3 is 5.32 Å². The van der Waals surface area contributed by atoms with E-state index < -0.39 is 0 Å². The van der Waals surface area contributed by atoms with Crippen LogP contribution in [-0.4, -0.2) is 12.1 Å². The molecule has 0 aliphatic heterocycles. The van der Waals surface area contributed by atoms with Crippen molar-refractivity contribution in [2.45, 2.75) is 46.1 Å². The molecular weight excluding hydrogens is 206 g/mol. The molecule has 0 atom stereocenters. The molecule has 0 aliphatic carbocycles. The van der Waals surface area contributed by atoms with Crippen LogP contribution in [0.3, 0.4) is 0 Å². The second-order valence-corrected chi connectivity index (χ2v) is 4.81. The van der Waals surface area contributed by atoms with Gasteiger partial charge in [0.25, 0.3) is 0 Å². The highest BCUT2D eigenvalue weighted by atomic mass is 14.9. The summed E-state index contributed by atoms with van der Waals surface area (Å²) in [7, 11) is 0. The van der Waals surface area contributed by atoms with Crippen LogP contribution >= 0.6 is 0 Å². The highest BCUT2D eigenvalue weighted by molar-refractivity contribution is 5.14. The lowest BCUT2D eigenvalue weighted by Gasteiger charge is -2.24. The maximum absolute atomic E-state index is 3.56. The van der Waals surface area contributed by atoms with E-state index in [2.05, 4.69) is 63.0 Å². The summed E-state index contributed by atoms with van der Waals surface area (Å²) in [6.45, 7) is 13.0.